The lowest BCUT2D eigenvalue weighted by Gasteiger charge is -2.18. The van der Waals surface area contributed by atoms with Crippen molar-refractivity contribution in [2.75, 3.05) is 0 Å². The number of hydrogen-bond donors (Lipinski definition) is 1. The minimum absolute atomic E-state index is 0.489. The zero-order chi connectivity index (χ0) is 17.6. The average Bonchev–Trinajstić information content (AvgIpc) is 2.65. The van der Waals surface area contributed by atoms with Gasteiger partial charge >= 0.3 is 0 Å². The minimum Gasteiger partial charge on any atom is -0.489 e. The van der Waals surface area contributed by atoms with Crippen LogP contribution in [-0.4, -0.2) is 6.04 Å². The van der Waals surface area contributed by atoms with E-state index in [2.05, 4.69) is 86.8 Å². The van der Waals surface area contributed by atoms with E-state index in [-0.39, 0.29) is 0 Å². The predicted octanol–water partition coefficient (Wildman–Crippen LogP) is 5.62. The van der Waals surface area contributed by atoms with Crippen LogP contribution < -0.4 is 10.1 Å². The molecule has 0 unspecified atom stereocenters. The number of aryl methyl sites for hydroxylation is 1. The summed E-state index contributed by atoms with van der Waals surface area (Å²) in [6.45, 7) is 7.97. The number of rotatable bonds is 7. The Balaban J connectivity index is 1.89. The number of ether oxygens (including phenoxy) is 1. The van der Waals surface area contributed by atoms with Gasteiger partial charge in [-0.05, 0) is 48.2 Å². The molecule has 0 aliphatic heterocycles. The Hall–Kier alpha value is -2.32. The van der Waals surface area contributed by atoms with Gasteiger partial charge in [-0.1, -0.05) is 61.5 Å². The van der Waals surface area contributed by atoms with Gasteiger partial charge in [0.15, 0.2) is 0 Å². The van der Waals surface area contributed by atoms with E-state index < -0.39 is 0 Å². The molecule has 130 valence electrons. The van der Waals surface area contributed by atoms with Crippen LogP contribution in [0.5, 0.6) is 5.75 Å². The van der Waals surface area contributed by atoms with E-state index in [1.165, 1.54) is 27.5 Å². The summed E-state index contributed by atoms with van der Waals surface area (Å²) in [5.41, 5.74) is 3.74. The van der Waals surface area contributed by atoms with Crippen molar-refractivity contribution < 1.29 is 4.74 Å². The summed E-state index contributed by atoms with van der Waals surface area (Å²) in [6, 6.07) is 21.7. The number of hydrogen-bond acceptors (Lipinski definition) is 2. The van der Waals surface area contributed by atoms with Crippen LogP contribution in [0.4, 0.5) is 0 Å². The van der Waals surface area contributed by atoms with Crippen molar-refractivity contribution in [3.05, 3.63) is 77.4 Å². The summed E-state index contributed by atoms with van der Waals surface area (Å²) in [4.78, 5) is 0. The Labute approximate surface area is 150 Å². The van der Waals surface area contributed by atoms with E-state index in [4.69, 9.17) is 4.74 Å². The Morgan fingerprint density at radius 3 is 2.52 bits per heavy atom. The molecule has 0 amide bonds. The molecule has 1 N–H and O–H groups in total. The van der Waals surface area contributed by atoms with E-state index in [1.807, 2.05) is 0 Å². The first-order chi connectivity index (χ1) is 12.2. The molecule has 0 aromatic heterocycles. The Morgan fingerprint density at radius 2 is 1.72 bits per heavy atom. The summed E-state index contributed by atoms with van der Waals surface area (Å²) >= 11 is 0. The van der Waals surface area contributed by atoms with Gasteiger partial charge in [0.25, 0.3) is 0 Å². The first-order valence-corrected chi connectivity index (χ1v) is 9.10. The summed E-state index contributed by atoms with van der Waals surface area (Å²) in [6.07, 6.45) is 1.12. The van der Waals surface area contributed by atoms with Crippen molar-refractivity contribution in [1.82, 2.24) is 5.32 Å². The van der Waals surface area contributed by atoms with E-state index in [1.54, 1.807) is 0 Å². The fraction of sp³-hybridized carbons (Fsp3) is 0.304. The Morgan fingerprint density at radius 1 is 0.960 bits per heavy atom. The molecule has 2 nitrogen and oxygen atoms in total. The van der Waals surface area contributed by atoms with Crippen molar-refractivity contribution in [1.29, 1.82) is 0 Å². The highest BCUT2D eigenvalue weighted by Gasteiger charge is 2.10. The molecule has 1 atom stereocenters. The number of benzene rings is 3. The molecular formula is C23H27NO. The van der Waals surface area contributed by atoms with Crippen molar-refractivity contribution >= 4 is 10.8 Å². The first-order valence-electron chi connectivity index (χ1n) is 9.10. The van der Waals surface area contributed by atoms with Crippen LogP contribution in [0.3, 0.4) is 0 Å². The van der Waals surface area contributed by atoms with Crippen LogP contribution >= 0.6 is 0 Å². The lowest BCUT2D eigenvalue weighted by atomic mass is 10.0. The molecule has 0 radical (unpaired) electrons. The molecule has 0 fully saturated rings. The van der Waals surface area contributed by atoms with Crippen LogP contribution in [0.25, 0.3) is 10.8 Å². The van der Waals surface area contributed by atoms with Gasteiger partial charge in [0.05, 0.1) is 0 Å². The second-order valence-electron chi connectivity index (χ2n) is 6.67. The zero-order valence-corrected chi connectivity index (χ0v) is 15.4. The SMILES string of the molecule is CC[C@@H](C)NCc1c(OCc2ccccc2C)ccc2ccccc12. The third-order valence-corrected chi connectivity index (χ3v) is 4.88. The fourth-order valence-electron chi connectivity index (χ4n) is 2.98. The highest BCUT2D eigenvalue weighted by Crippen LogP contribution is 2.29. The van der Waals surface area contributed by atoms with Crippen LogP contribution in [0.2, 0.25) is 0 Å². The van der Waals surface area contributed by atoms with Gasteiger partial charge < -0.3 is 10.1 Å². The van der Waals surface area contributed by atoms with E-state index >= 15 is 0 Å². The lowest BCUT2D eigenvalue weighted by Crippen LogP contribution is -2.24. The minimum atomic E-state index is 0.489. The molecule has 0 spiro atoms. The maximum absolute atomic E-state index is 6.24. The molecule has 0 bridgehead atoms. The molecular weight excluding hydrogens is 306 g/mol. The maximum Gasteiger partial charge on any atom is 0.124 e. The first kappa shape index (κ1) is 17.5. The molecule has 0 aliphatic carbocycles. The molecule has 0 saturated heterocycles. The van der Waals surface area contributed by atoms with Crippen LogP contribution in [0.15, 0.2) is 60.7 Å². The van der Waals surface area contributed by atoms with Crippen LogP contribution in [-0.2, 0) is 13.2 Å². The second-order valence-corrected chi connectivity index (χ2v) is 6.67. The molecule has 0 aliphatic rings. The Kier molecular flexibility index (Phi) is 5.72. The van der Waals surface area contributed by atoms with Gasteiger partial charge in [-0.3, -0.25) is 0 Å². The van der Waals surface area contributed by atoms with Gasteiger partial charge in [0.2, 0.25) is 0 Å². The van der Waals surface area contributed by atoms with Crippen LogP contribution in [0.1, 0.15) is 37.0 Å². The van der Waals surface area contributed by atoms with Crippen molar-refractivity contribution in [3.8, 4) is 5.75 Å². The molecule has 0 heterocycles. The second kappa shape index (κ2) is 8.17. The third kappa shape index (κ3) is 4.21. The summed E-state index contributed by atoms with van der Waals surface area (Å²) in [7, 11) is 0. The third-order valence-electron chi connectivity index (χ3n) is 4.88. The molecule has 2 heteroatoms. The maximum atomic E-state index is 6.24. The van der Waals surface area contributed by atoms with Gasteiger partial charge in [-0.25, -0.2) is 0 Å². The molecule has 25 heavy (non-hydrogen) atoms. The average molecular weight is 333 g/mol. The van der Waals surface area contributed by atoms with Gasteiger partial charge in [-0.15, -0.1) is 0 Å². The van der Waals surface area contributed by atoms with Crippen LogP contribution in [0, 0.1) is 6.92 Å². The molecule has 0 saturated carbocycles. The highest BCUT2D eigenvalue weighted by molar-refractivity contribution is 5.87. The lowest BCUT2D eigenvalue weighted by molar-refractivity contribution is 0.301. The summed E-state index contributed by atoms with van der Waals surface area (Å²) < 4.78 is 6.24. The van der Waals surface area contributed by atoms with Gasteiger partial charge in [-0.2, -0.15) is 0 Å². The molecule has 3 aromatic rings. The van der Waals surface area contributed by atoms with Crippen molar-refractivity contribution in [2.24, 2.45) is 0 Å². The largest absolute Gasteiger partial charge is 0.489 e. The van der Waals surface area contributed by atoms with Crippen molar-refractivity contribution in [3.63, 3.8) is 0 Å². The quantitative estimate of drug-likeness (QED) is 0.606. The molecule has 3 aromatic carbocycles. The molecule has 3 rings (SSSR count). The monoisotopic (exact) mass is 333 g/mol. The topological polar surface area (TPSA) is 21.3 Å². The standard InChI is InChI=1S/C23H27NO/c1-4-18(3)24-15-22-21-12-8-7-10-19(21)13-14-23(22)25-16-20-11-6-5-9-17(20)2/h5-14,18,24H,4,15-16H2,1-3H3/t18-/m1/s1. The zero-order valence-electron chi connectivity index (χ0n) is 15.4. The van der Waals surface area contributed by atoms with Gasteiger partial charge in [0.1, 0.15) is 12.4 Å². The van der Waals surface area contributed by atoms with Crippen molar-refractivity contribution in [2.45, 2.75) is 46.4 Å². The van der Waals surface area contributed by atoms with Gasteiger partial charge in [0, 0.05) is 18.2 Å². The number of fused-ring (bicyclic) bond motifs is 1. The van der Waals surface area contributed by atoms with E-state index in [9.17, 15) is 0 Å². The van der Waals surface area contributed by atoms with E-state index in [0.29, 0.717) is 12.6 Å². The predicted molar refractivity (Wildman–Crippen MR) is 106 cm³/mol. The Bertz CT molecular complexity index is 840. The summed E-state index contributed by atoms with van der Waals surface area (Å²) in [5.74, 6) is 0.970. The summed E-state index contributed by atoms with van der Waals surface area (Å²) in [5, 5.41) is 6.13. The fourth-order valence-corrected chi connectivity index (χ4v) is 2.98. The van der Waals surface area contributed by atoms with E-state index in [0.717, 1.165) is 18.7 Å². The normalized spacial score (nSPS) is 12.3. The highest BCUT2D eigenvalue weighted by atomic mass is 16.5. The smallest absolute Gasteiger partial charge is 0.124 e. The number of nitrogens with one attached hydrogen (secondary N) is 1.